The van der Waals surface area contributed by atoms with Gasteiger partial charge in [0, 0.05) is 25.7 Å². The van der Waals surface area contributed by atoms with Gasteiger partial charge in [-0.2, -0.15) is 0 Å². The number of hydrogen-bond acceptors (Lipinski definition) is 15. The van der Waals surface area contributed by atoms with Gasteiger partial charge in [-0.15, -0.1) is 0 Å². The lowest BCUT2D eigenvalue weighted by Gasteiger charge is -2.21. The zero-order chi connectivity index (χ0) is 71.8. The van der Waals surface area contributed by atoms with E-state index in [0.29, 0.717) is 32.1 Å². The highest BCUT2D eigenvalue weighted by molar-refractivity contribution is 7.47. The van der Waals surface area contributed by atoms with Crippen molar-refractivity contribution in [3.8, 4) is 0 Å². The predicted octanol–water partition coefficient (Wildman–Crippen LogP) is 22.2. The van der Waals surface area contributed by atoms with Gasteiger partial charge in [0.05, 0.1) is 26.4 Å². The molecular weight excluding hydrogens is 1280 g/mol. The molecule has 0 rings (SSSR count). The second kappa shape index (κ2) is 71.6. The first-order chi connectivity index (χ1) is 47.7. The van der Waals surface area contributed by atoms with E-state index in [-0.39, 0.29) is 25.7 Å². The molecule has 19 heteroatoms. The summed E-state index contributed by atoms with van der Waals surface area (Å²) in [6, 6.07) is 0. The lowest BCUT2D eigenvalue weighted by atomic mass is 10.0. The van der Waals surface area contributed by atoms with Crippen molar-refractivity contribution < 1.29 is 80.2 Å². The van der Waals surface area contributed by atoms with Crippen molar-refractivity contribution in [1.29, 1.82) is 0 Å². The monoisotopic (exact) mass is 1420 g/mol. The second-order valence-electron chi connectivity index (χ2n) is 25.9. The fourth-order valence-electron chi connectivity index (χ4n) is 10.5. The zero-order valence-corrected chi connectivity index (χ0v) is 63.7. The van der Waals surface area contributed by atoms with E-state index in [1.165, 1.54) is 135 Å². The van der Waals surface area contributed by atoms with E-state index in [1.807, 2.05) is 18.2 Å². The van der Waals surface area contributed by atoms with Crippen molar-refractivity contribution in [2.24, 2.45) is 0 Å². The van der Waals surface area contributed by atoms with Crippen LogP contribution in [0.5, 0.6) is 0 Å². The van der Waals surface area contributed by atoms with Gasteiger partial charge in [0.25, 0.3) is 0 Å². The molecule has 0 fully saturated rings. The maximum Gasteiger partial charge on any atom is 0.472 e. The van der Waals surface area contributed by atoms with Crippen molar-refractivity contribution in [1.82, 2.24) is 0 Å². The van der Waals surface area contributed by atoms with Crippen LogP contribution in [0.25, 0.3) is 0 Å². The average Bonchev–Trinajstić information content (AvgIpc) is 0.966. The summed E-state index contributed by atoms with van der Waals surface area (Å²) in [6.45, 7) is 4.69. The lowest BCUT2D eigenvalue weighted by molar-refractivity contribution is -0.161. The van der Waals surface area contributed by atoms with Gasteiger partial charge in [-0.05, 0) is 89.9 Å². The molecule has 0 radical (unpaired) electrons. The average molecular weight is 1420 g/mol. The molecule has 0 aliphatic rings. The predicted molar refractivity (Wildman–Crippen MR) is 399 cm³/mol. The Balaban J connectivity index is 5.37. The molecule has 568 valence electrons. The summed E-state index contributed by atoms with van der Waals surface area (Å²) in [4.78, 5) is 72.8. The molecule has 2 unspecified atom stereocenters. The minimum Gasteiger partial charge on any atom is -0.462 e. The van der Waals surface area contributed by atoms with Crippen LogP contribution < -0.4 is 0 Å². The van der Waals surface area contributed by atoms with Crippen molar-refractivity contribution in [3.63, 3.8) is 0 Å². The summed E-state index contributed by atoms with van der Waals surface area (Å²) in [7, 11) is -9.96. The lowest BCUT2D eigenvalue weighted by Crippen LogP contribution is -2.30. The number of aliphatic hydroxyl groups excluding tert-OH is 1. The molecule has 5 atom stereocenters. The number of carbonyl (C=O) groups is 4. The fourth-order valence-corrected chi connectivity index (χ4v) is 12.1. The standard InChI is InChI=1S/C79H140O17P2/c1-5-9-13-17-21-25-29-33-34-35-36-37-38-42-44-48-52-56-60-64-77(82)90-70-75(96-79(84)66-62-58-54-50-46-41-32-28-24-20-16-12-8-4)72-94-98(87,88)92-68-73(80)67-91-97(85,86)93-71-74(95-78(83)65-61-57-53-49-45-40-31-27-23-19-15-11-7-3)69-89-76(81)63-59-55-51-47-43-39-30-26-22-18-14-10-6-2/h9,13,21,25,27,31,33-34,36-37,42,44,52,56,73-75,80H,5-8,10-12,14-20,22-24,26,28-30,32,35,38-41,43,45-51,53-55,57-72H2,1-4H3,(H,85,86)(H,87,88)/b13-9-,25-21-,31-27-,34-33-,37-36-,44-42-,56-52-/t73-,74+,75+/m0/s1. The van der Waals surface area contributed by atoms with Gasteiger partial charge in [0.15, 0.2) is 12.2 Å². The molecule has 0 aromatic rings. The van der Waals surface area contributed by atoms with Crippen LogP contribution in [0, 0.1) is 0 Å². The van der Waals surface area contributed by atoms with Gasteiger partial charge in [-0.3, -0.25) is 37.3 Å². The minimum absolute atomic E-state index is 0.0390. The molecular formula is C79H140O17P2. The summed E-state index contributed by atoms with van der Waals surface area (Å²) < 4.78 is 68.4. The number of carbonyl (C=O) groups excluding carboxylic acids is 4. The van der Waals surface area contributed by atoms with Crippen molar-refractivity contribution in [2.45, 2.75) is 354 Å². The third-order valence-electron chi connectivity index (χ3n) is 16.4. The fraction of sp³-hybridized carbons (Fsp3) is 0.772. The first-order valence-corrected chi connectivity index (χ1v) is 41.8. The quantitative estimate of drug-likeness (QED) is 0.0169. The highest BCUT2D eigenvalue weighted by atomic mass is 31.2. The van der Waals surface area contributed by atoms with Gasteiger partial charge >= 0.3 is 39.5 Å². The molecule has 0 aliphatic heterocycles. The smallest absolute Gasteiger partial charge is 0.462 e. The van der Waals surface area contributed by atoms with Crippen LogP contribution in [0.2, 0.25) is 0 Å². The van der Waals surface area contributed by atoms with Crippen molar-refractivity contribution >= 4 is 39.5 Å². The van der Waals surface area contributed by atoms with Crippen molar-refractivity contribution in [2.75, 3.05) is 39.6 Å². The minimum atomic E-state index is -4.98. The van der Waals surface area contributed by atoms with Crippen LogP contribution in [0.15, 0.2) is 85.1 Å². The Morgan fingerprint density at radius 3 is 0.888 bits per heavy atom. The molecule has 0 aromatic heterocycles. The zero-order valence-electron chi connectivity index (χ0n) is 62.0. The first-order valence-electron chi connectivity index (χ1n) is 38.8. The number of phosphoric ester groups is 2. The number of hydrogen-bond donors (Lipinski definition) is 3. The molecule has 0 aliphatic carbocycles. The van der Waals surface area contributed by atoms with E-state index >= 15 is 0 Å². The maximum atomic E-state index is 13.1. The molecule has 0 bridgehead atoms. The van der Waals surface area contributed by atoms with Gasteiger partial charge in [0.2, 0.25) is 0 Å². The largest absolute Gasteiger partial charge is 0.472 e. The maximum absolute atomic E-state index is 13.1. The Labute approximate surface area is 595 Å². The number of esters is 4. The number of allylic oxidation sites excluding steroid dienone is 14. The van der Waals surface area contributed by atoms with Gasteiger partial charge < -0.3 is 33.8 Å². The van der Waals surface area contributed by atoms with Crippen LogP contribution in [0.3, 0.4) is 0 Å². The Kier molecular flexibility index (Phi) is 68.9. The summed E-state index contributed by atoms with van der Waals surface area (Å²) in [6.07, 6.45) is 73.0. The normalized spacial score (nSPS) is 14.4. The van der Waals surface area contributed by atoms with E-state index < -0.39 is 97.5 Å². The van der Waals surface area contributed by atoms with Crippen LogP contribution in [-0.4, -0.2) is 96.7 Å². The molecule has 17 nitrogen and oxygen atoms in total. The molecule has 98 heavy (non-hydrogen) atoms. The van der Waals surface area contributed by atoms with E-state index in [4.69, 9.17) is 37.0 Å². The van der Waals surface area contributed by atoms with Crippen LogP contribution in [-0.2, 0) is 65.4 Å². The highest BCUT2D eigenvalue weighted by Crippen LogP contribution is 2.45. The Morgan fingerprint density at radius 2 is 0.551 bits per heavy atom. The van der Waals surface area contributed by atoms with Crippen molar-refractivity contribution in [3.05, 3.63) is 85.1 Å². The van der Waals surface area contributed by atoms with Crippen LogP contribution in [0.1, 0.15) is 336 Å². The van der Waals surface area contributed by atoms with E-state index in [2.05, 4.69) is 94.5 Å². The third kappa shape index (κ3) is 70.7. The Bertz CT molecular complexity index is 2190. The van der Waals surface area contributed by atoms with E-state index in [0.717, 1.165) is 116 Å². The number of rotatable bonds is 73. The summed E-state index contributed by atoms with van der Waals surface area (Å²) >= 11 is 0. The molecule has 0 saturated heterocycles. The first kappa shape index (κ1) is 94.2. The molecule has 3 N–H and O–H groups in total. The Morgan fingerprint density at radius 1 is 0.296 bits per heavy atom. The van der Waals surface area contributed by atoms with Gasteiger partial charge in [0.1, 0.15) is 19.3 Å². The second-order valence-corrected chi connectivity index (χ2v) is 28.8. The number of phosphoric acid groups is 2. The highest BCUT2D eigenvalue weighted by Gasteiger charge is 2.30. The summed E-state index contributed by atoms with van der Waals surface area (Å²) in [5.41, 5.74) is 0. The van der Waals surface area contributed by atoms with Gasteiger partial charge in [-0.1, -0.05) is 305 Å². The number of unbranched alkanes of at least 4 members (excludes halogenated alkanes) is 33. The summed E-state index contributed by atoms with van der Waals surface area (Å²) in [5.74, 6) is -2.26. The van der Waals surface area contributed by atoms with Gasteiger partial charge in [-0.25, -0.2) is 9.13 Å². The van der Waals surface area contributed by atoms with Crippen LogP contribution >= 0.6 is 15.6 Å². The number of ether oxygens (including phenoxy) is 4. The van der Waals surface area contributed by atoms with Crippen LogP contribution in [0.4, 0.5) is 0 Å². The topological polar surface area (TPSA) is 237 Å². The number of aliphatic hydroxyl groups is 1. The van der Waals surface area contributed by atoms with E-state index in [1.54, 1.807) is 0 Å². The summed E-state index contributed by atoms with van der Waals surface area (Å²) in [5, 5.41) is 10.6. The van der Waals surface area contributed by atoms with E-state index in [9.17, 15) is 43.2 Å². The molecule has 0 heterocycles. The molecule has 0 spiro atoms. The SMILES string of the molecule is CC/C=C\C/C=C\C/C=C\C/C=C\C/C=C\C/C=C\CCC(=O)OC[C@H](COP(=O)(O)OC[C@@H](O)COP(=O)(O)OC[C@@H](COC(=O)CCCCCCCCCCCCCCC)OC(=O)CCCCCCC/C=C\CCCCCC)OC(=O)CCCCCCCCCCCCCCC. The molecule has 0 saturated carbocycles. The molecule has 0 aromatic carbocycles. The molecule has 0 amide bonds. The third-order valence-corrected chi connectivity index (χ3v) is 18.3. The Hall–Kier alpha value is -3.76.